The largest absolute Gasteiger partial charge is 0.392 e. The first-order valence-electron chi connectivity index (χ1n) is 5.85. The number of thiocarbonyl (C=S) groups is 1. The van der Waals surface area contributed by atoms with Crippen LogP contribution < -0.4 is 11.1 Å². The molecule has 1 unspecified atom stereocenters. The van der Waals surface area contributed by atoms with Crippen LogP contribution >= 0.6 is 12.2 Å². The second-order valence-corrected chi connectivity index (χ2v) is 5.16. The van der Waals surface area contributed by atoms with Crippen LogP contribution in [0.25, 0.3) is 0 Å². The minimum atomic E-state index is -0.647. The lowest BCUT2D eigenvalue weighted by Gasteiger charge is -2.27. The van der Waals surface area contributed by atoms with Crippen molar-refractivity contribution in [3.05, 3.63) is 0 Å². The van der Waals surface area contributed by atoms with E-state index >= 15 is 0 Å². The normalized spacial score (nSPS) is 25.5. The third kappa shape index (κ3) is 1.90. The van der Waals surface area contributed by atoms with E-state index in [4.69, 9.17) is 18.0 Å². The number of likely N-dealkylation sites (N-methyl/N-ethyl adjacent to an activating group) is 1. The number of amides is 2. The first-order chi connectivity index (χ1) is 8.03. The van der Waals surface area contributed by atoms with Crippen LogP contribution in [0.15, 0.2) is 0 Å². The van der Waals surface area contributed by atoms with Gasteiger partial charge in [0, 0.05) is 13.6 Å². The Morgan fingerprint density at radius 3 is 2.59 bits per heavy atom. The van der Waals surface area contributed by atoms with Crippen LogP contribution in [0.2, 0.25) is 0 Å². The summed E-state index contributed by atoms with van der Waals surface area (Å²) in [5.41, 5.74) is 4.99. The molecule has 1 saturated carbocycles. The maximum atomic E-state index is 12.4. The molecule has 0 radical (unpaired) electrons. The molecule has 2 aliphatic rings. The third-order valence-electron chi connectivity index (χ3n) is 3.69. The fourth-order valence-electron chi connectivity index (χ4n) is 2.41. The van der Waals surface area contributed by atoms with E-state index in [1.807, 2.05) is 0 Å². The maximum Gasteiger partial charge on any atom is 0.242 e. The molecule has 17 heavy (non-hydrogen) atoms. The predicted molar refractivity (Wildman–Crippen MR) is 67.3 cm³/mol. The van der Waals surface area contributed by atoms with Crippen molar-refractivity contribution in [2.45, 2.75) is 31.7 Å². The van der Waals surface area contributed by atoms with Gasteiger partial charge in [0.25, 0.3) is 0 Å². The minimum absolute atomic E-state index is 0.0592. The number of rotatable bonds is 3. The van der Waals surface area contributed by atoms with Gasteiger partial charge in [-0.2, -0.15) is 0 Å². The second-order valence-electron chi connectivity index (χ2n) is 4.72. The predicted octanol–water partition coefficient (Wildman–Crippen LogP) is -0.210. The Labute approximate surface area is 106 Å². The SMILES string of the molecule is CNC(=O)C1CCCN1C(=O)C1(C(N)=S)CC1. The summed E-state index contributed by atoms with van der Waals surface area (Å²) in [6, 6.07) is -0.348. The van der Waals surface area contributed by atoms with E-state index in [1.165, 1.54) is 0 Å². The van der Waals surface area contributed by atoms with Crippen molar-refractivity contribution in [3.8, 4) is 0 Å². The number of nitrogens with zero attached hydrogens (tertiary/aromatic N) is 1. The molecule has 5 nitrogen and oxygen atoms in total. The molecule has 2 amide bonds. The Morgan fingerprint density at radius 1 is 1.47 bits per heavy atom. The molecule has 2 rings (SSSR count). The van der Waals surface area contributed by atoms with Gasteiger partial charge in [0.15, 0.2) is 0 Å². The molecule has 0 spiro atoms. The molecule has 1 heterocycles. The van der Waals surface area contributed by atoms with Crippen LogP contribution in [0.5, 0.6) is 0 Å². The Balaban J connectivity index is 2.14. The Kier molecular flexibility index (Phi) is 3.07. The number of nitrogens with one attached hydrogen (secondary N) is 1. The van der Waals surface area contributed by atoms with E-state index < -0.39 is 5.41 Å². The summed E-state index contributed by atoms with van der Waals surface area (Å²) in [5, 5.41) is 2.60. The minimum Gasteiger partial charge on any atom is -0.392 e. The molecule has 0 aromatic rings. The molecule has 2 fully saturated rings. The summed E-state index contributed by atoms with van der Waals surface area (Å²) in [7, 11) is 1.59. The topological polar surface area (TPSA) is 75.4 Å². The van der Waals surface area contributed by atoms with Gasteiger partial charge in [-0.05, 0) is 25.7 Å². The number of hydrogen-bond donors (Lipinski definition) is 2. The molecule has 94 valence electrons. The molecule has 1 saturated heterocycles. The lowest BCUT2D eigenvalue weighted by atomic mass is 10.0. The number of carbonyl (C=O) groups excluding carboxylic acids is 2. The summed E-state index contributed by atoms with van der Waals surface area (Å²) >= 11 is 4.97. The highest BCUT2D eigenvalue weighted by atomic mass is 32.1. The van der Waals surface area contributed by atoms with Crippen LogP contribution in [-0.2, 0) is 9.59 Å². The first-order valence-corrected chi connectivity index (χ1v) is 6.26. The average Bonchev–Trinajstić information content (AvgIpc) is 2.99. The molecule has 1 atom stereocenters. The van der Waals surface area contributed by atoms with Crippen LogP contribution in [0.3, 0.4) is 0 Å². The van der Waals surface area contributed by atoms with Gasteiger partial charge < -0.3 is 16.0 Å². The summed E-state index contributed by atoms with van der Waals surface area (Å²) < 4.78 is 0. The van der Waals surface area contributed by atoms with Crippen molar-refractivity contribution in [2.75, 3.05) is 13.6 Å². The monoisotopic (exact) mass is 255 g/mol. The first kappa shape index (κ1) is 12.3. The summed E-state index contributed by atoms with van der Waals surface area (Å²) in [4.78, 5) is 26.0. The van der Waals surface area contributed by atoms with E-state index in [0.717, 1.165) is 25.7 Å². The van der Waals surface area contributed by atoms with Gasteiger partial charge >= 0.3 is 0 Å². The highest BCUT2D eigenvalue weighted by Gasteiger charge is 2.56. The van der Waals surface area contributed by atoms with Crippen molar-refractivity contribution >= 4 is 29.0 Å². The Morgan fingerprint density at radius 2 is 2.12 bits per heavy atom. The third-order valence-corrected chi connectivity index (χ3v) is 4.08. The molecule has 0 aromatic carbocycles. The zero-order valence-corrected chi connectivity index (χ0v) is 10.7. The van der Waals surface area contributed by atoms with Gasteiger partial charge in [-0.1, -0.05) is 12.2 Å². The van der Waals surface area contributed by atoms with Crippen molar-refractivity contribution < 1.29 is 9.59 Å². The number of carbonyl (C=O) groups is 2. The van der Waals surface area contributed by atoms with Crippen molar-refractivity contribution in [3.63, 3.8) is 0 Å². The lowest BCUT2D eigenvalue weighted by molar-refractivity contribution is -0.140. The van der Waals surface area contributed by atoms with E-state index in [1.54, 1.807) is 11.9 Å². The lowest BCUT2D eigenvalue weighted by Crippen LogP contribution is -2.49. The van der Waals surface area contributed by atoms with E-state index in [0.29, 0.717) is 6.54 Å². The molecule has 1 aliphatic heterocycles. The summed E-state index contributed by atoms with van der Waals surface area (Å²) in [6.45, 7) is 0.626. The quantitative estimate of drug-likeness (QED) is 0.684. The number of nitrogens with two attached hydrogens (primary N) is 1. The Bertz CT molecular complexity index is 379. The molecule has 6 heteroatoms. The smallest absolute Gasteiger partial charge is 0.242 e. The van der Waals surface area contributed by atoms with Gasteiger partial charge in [-0.25, -0.2) is 0 Å². The fraction of sp³-hybridized carbons (Fsp3) is 0.727. The van der Waals surface area contributed by atoms with E-state index in [-0.39, 0.29) is 22.8 Å². The summed E-state index contributed by atoms with van der Waals surface area (Å²) in [6.07, 6.45) is 3.02. The van der Waals surface area contributed by atoms with Crippen molar-refractivity contribution in [1.29, 1.82) is 0 Å². The molecular formula is C11H17N3O2S. The van der Waals surface area contributed by atoms with E-state index in [2.05, 4.69) is 5.32 Å². The van der Waals surface area contributed by atoms with Gasteiger partial charge in [0.05, 0.1) is 10.4 Å². The average molecular weight is 255 g/mol. The maximum absolute atomic E-state index is 12.4. The molecule has 3 N–H and O–H groups in total. The molecule has 0 aromatic heterocycles. The van der Waals surface area contributed by atoms with E-state index in [9.17, 15) is 9.59 Å². The van der Waals surface area contributed by atoms with Crippen LogP contribution in [0.1, 0.15) is 25.7 Å². The second kappa shape index (κ2) is 4.25. The van der Waals surface area contributed by atoms with Gasteiger partial charge in [-0.3, -0.25) is 9.59 Å². The van der Waals surface area contributed by atoms with Gasteiger partial charge in [-0.15, -0.1) is 0 Å². The zero-order chi connectivity index (χ0) is 12.6. The number of likely N-dealkylation sites (tertiary alicyclic amines) is 1. The van der Waals surface area contributed by atoms with Crippen molar-refractivity contribution in [1.82, 2.24) is 10.2 Å². The molecule has 1 aliphatic carbocycles. The molecular weight excluding hydrogens is 238 g/mol. The number of hydrogen-bond acceptors (Lipinski definition) is 3. The van der Waals surface area contributed by atoms with Gasteiger partial charge in [0.2, 0.25) is 11.8 Å². The highest BCUT2D eigenvalue weighted by Crippen LogP contribution is 2.48. The molecule has 0 bridgehead atoms. The zero-order valence-electron chi connectivity index (χ0n) is 9.86. The Hall–Kier alpha value is -1.17. The fourth-order valence-corrected chi connectivity index (χ4v) is 2.71. The van der Waals surface area contributed by atoms with Crippen LogP contribution in [-0.4, -0.2) is 41.3 Å². The van der Waals surface area contributed by atoms with Crippen molar-refractivity contribution in [2.24, 2.45) is 11.1 Å². The van der Waals surface area contributed by atoms with Crippen LogP contribution in [0, 0.1) is 5.41 Å². The van der Waals surface area contributed by atoms with Gasteiger partial charge in [0.1, 0.15) is 6.04 Å². The summed E-state index contributed by atoms with van der Waals surface area (Å²) in [5.74, 6) is -0.161. The van der Waals surface area contributed by atoms with Crippen LogP contribution in [0.4, 0.5) is 0 Å². The standard InChI is InChI=1S/C11H17N3O2S/c1-13-8(15)7-3-2-6-14(7)10(16)11(4-5-11)9(12)17/h7H,2-6H2,1H3,(H2,12,17)(H,13,15). The highest BCUT2D eigenvalue weighted by molar-refractivity contribution is 7.80.